The van der Waals surface area contributed by atoms with Crippen LogP contribution in [0.4, 0.5) is 8.78 Å². The van der Waals surface area contributed by atoms with Crippen LogP contribution in [0.15, 0.2) is 12.4 Å². The van der Waals surface area contributed by atoms with Crippen molar-refractivity contribution in [2.24, 2.45) is 13.0 Å². The Hall–Kier alpha value is -1.54. The number of carbonyl (C=O) groups is 1. The van der Waals surface area contributed by atoms with Crippen molar-refractivity contribution in [2.75, 3.05) is 32.9 Å². The van der Waals surface area contributed by atoms with Crippen LogP contribution in [0, 0.1) is 5.92 Å². The molecule has 0 bridgehead atoms. The number of aryl methyl sites for hydroxylation is 1. The zero-order chi connectivity index (χ0) is 16.4. The molecule has 0 N–H and O–H groups in total. The Morgan fingerprint density at radius 2 is 2.26 bits per heavy atom. The van der Waals surface area contributed by atoms with E-state index in [-0.39, 0.29) is 19.1 Å². The average Bonchev–Trinajstić information content (AvgIpc) is 2.87. The van der Waals surface area contributed by atoms with Gasteiger partial charge < -0.3 is 14.4 Å². The van der Waals surface area contributed by atoms with Crippen molar-refractivity contribution >= 4 is 5.91 Å². The van der Waals surface area contributed by atoms with E-state index >= 15 is 0 Å². The SMILES string of the molecule is Cn1cc([C@@H]2OCCC[C@H]2C(=O)N2CCOCC(F)(F)C2)cn1. The summed E-state index contributed by atoms with van der Waals surface area (Å²) in [6, 6.07) is 0. The number of ether oxygens (including phenoxy) is 2. The molecule has 2 aliphatic heterocycles. The molecule has 0 aliphatic carbocycles. The number of carbonyl (C=O) groups excluding carboxylic acids is 1. The average molecular weight is 329 g/mol. The number of nitrogens with zero attached hydrogens (tertiary/aromatic N) is 3. The van der Waals surface area contributed by atoms with Gasteiger partial charge in [-0.15, -0.1) is 0 Å². The third-order valence-corrected chi connectivity index (χ3v) is 4.25. The van der Waals surface area contributed by atoms with Crippen molar-refractivity contribution in [2.45, 2.75) is 24.9 Å². The van der Waals surface area contributed by atoms with Crippen molar-refractivity contribution in [1.29, 1.82) is 0 Å². The standard InChI is InChI=1S/C15H21F2N3O3/c1-19-8-11(7-18-19)13-12(3-2-5-23-13)14(21)20-4-6-22-10-15(16,17)9-20/h7-8,12-13H,2-6,9-10H2,1H3/t12-,13+/m1/s1. The third-order valence-electron chi connectivity index (χ3n) is 4.25. The van der Waals surface area contributed by atoms with Gasteiger partial charge in [-0.25, -0.2) is 8.78 Å². The first-order valence-corrected chi connectivity index (χ1v) is 7.81. The quantitative estimate of drug-likeness (QED) is 0.823. The van der Waals surface area contributed by atoms with Crippen LogP contribution in [0.2, 0.25) is 0 Å². The Morgan fingerprint density at radius 1 is 1.43 bits per heavy atom. The van der Waals surface area contributed by atoms with E-state index in [0.717, 1.165) is 12.0 Å². The van der Waals surface area contributed by atoms with Gasteiger partial charge in [0, 0.05) is 32.0 Å². The van der Waals surface area contributed by atoms with Crippen molar-refractivity contribution in [3.63, 3.8) is 0 Å². The van der Waals surface area contributed by atoms with Gasteiger partial charge in [-0.1, -0.05) is 0 Å². The molecule has 0 aromatic carbocycles. The summed E-state index contributed by atoms with van der Waals surface area (Å²) in [5.74, 6) is -3.75. The second-order valence-corrected chi connectivity index (χ2v) is 6.16. The zero-order valence-corrected chi connectivity index (χ0v) is 13.1. The van der Waals surface area contributed by atoms with Gasteiger partial charge in [-0.05, 0) is 12.8 Å². The fourth-order valence-corrected chi connectivity index (χ4v) is 3.17. The van der Waals surface area contributed by atoms with E-state index in [9.17, 15) is 13.6 Å². The number of alkyl halides is 2. The molecule has 1 aromatic heterocycles. The fourth-order valence-electron chi connectivity index (χ4n) is 3.17. The van der Waals surface area contributed by atoms with Gasteiger partial charge in [0.05, 0.1) is 31.4 Å². The number of halogens is 2. The summed E-state index contributed by atoms with van der Waals surface area (Å²) >= 11 is 0. The van der Waals surface area contributed by atoms with Crippen molar-refractivity contribution in [3.8, 4) is 0 Å². The lowest BCUT2D eigenvalue weighted by molar-refractivity contribution is -0.149. The maximum absolute atomic E-state index is 13.7. The van der Waals surface area contributed by atoms with Gasteiger partial charge >= 0.3 is 0 Å². The van der Waals surface area contributed by atoms with E-state index < -0.39 is 31.1 Å². The van der Waals surface area contributed by atoms with Crippen LogP contribution in [0.3, 0.4) is 0 Å². The molecular formula is C15H21F2N3O3. The number of aromatic nitrogens is 2. The molecule has 1 amide bonds. The van der Waals surface area contributed by atoms with Crippen LogP contribution in [-0.2, 0) is 21.3 Å². The molecule has 2 aliphatic rings. The highest BCUT2D eigenvalue weighted by atomic mass is 19.3. The topological polar surface area (TPSA) is 56.6 Å². The molecule has 23 heavy (non-hydrogen) atoms. The summed E-state index contributed by atoms with van der Waals surface area (Å²) in [6.45, 7) is -0.355. The lowest BCUT2D eigenvalue weighted by Crippen LogP contribution is -2.46. The highest BCUT2D eigenvalue weighted by Gasteiger charge is 2.41. The van der Waals surface area contributed by atoms with Crippen LogP contribution in [0.5, 0.6) is 0 Å². The molecule has 2 saturated heterocycles. The molecule has 0 spiro atoms. The lowest BCUT2D eigenvalue weighted by Gasteiger charge is -2.34. The van der Waals surface area contributed by atoms with Crippen LogP contribution in [0.25, 0.3) is 0 Å². The number of rotatable bonds is 2. The molecule has 8 heteroatoms. The Bertz CT molecular complexity index is 564. The van der Waals surface area contributed by atoms with E-state index in [1.54, 1.807) is 24.1 Å². The summed E-state index contributed by atoms with van der Waals surface area (Å²) in [5.41, 5.74) is 0.809. The van der Waals surface area contributed by atoms with Crippen LogP contribution in [-0.4, -0.2) is 59.4 Å². The molecule has 6 nitrogen and oxygen atoms in total. The molecule has 2 fully saturated rings. The molecule has 1 aromatic rings. The molecule has 3 rings (SSSR count). The predicted molar refractivity (Wildman–Crippen MR) is 77.0 cm³/mol. The fraction of sp³-hybridized carbons (Fsp3) is 0.733. The van der Waals surface area contributed by atoms with Crippen LogP contribution < -0.4 is 0 Å². The smallest absolute Gasteiger partial charge is 0.288 e. The Kier molecular flexibility index (Phi) is 4.63. The minimum atomic E-state index is -3.01. The Morgan fingerprint density at radius 3 is 3.00 bits per heavy atom. The molecule has 2 atom stereocenters. The van der Waals surface area contributed by atoms with Gasteiger partial charge in [-0.3, -0.25) is 9.48 Å². The van der Waals surface area contributed by atoms with Crippen LogP contribution >= 0.6 is 0 Å². The molecule has 128 valence electrons. The van der Waals surface area contributed by atoms with Gasteiger partial charge in [0.2, 0.25) is 5.91 Å². The van der Waals surface area contributed by atoms with Crippen molar-refractivity contribution < 1.29 is 23.0 Å². The number of amides is 1. The minimum absolute atomic E-state index is 0.131. The van der Waals surface area contributed by atoms with Gasteiger partial charge in [0.25, 0.3) is 5.92 Å². The molecule has 0 radical (unpaired) electrons. The molecule has 0 unspecified atom stereocenters. The predicted octanol–water partition coefficient (Wildman–Crippen LogP) is 1.38. The molecule has 0 saturated carbocycles. The van der Waals surface area contributed by atoms with E-state index in [1.165, 1.54) is 4.90 Å². The van der Waals surface area contributed by atoms with Crippen LogP contribution in [0.1, 0.15) is 24.5 Å². The monoisotopic (exact) mass is 329 g/mol. The first-order valence-electron chi connectivity index (χ1n) is 7.81. The van der Waals surface area contributed by atoms with Crippen molar-refractivity contribution in [1.82, 2.24) is 14.7 Å². The van der Waals surface area contributed by atoms with E-state index in [0.29, 0.717) is 13.0 Å². The van der Waals surface area contributed by atoms with Gasteiger partial charge in [0.1, 0.15) is 6.61 Å². The van der Waals surface area contributed by atoms with Gasteiger partial charge in [0.15, 0.2) is 0 Å². The highest BCUT2D eigenvalue weighted by Crippen LogP contribution is 2.35. The molecule has 3 heterocycles. The Labute approximate surface area is 133 Å². The largest absolute Gasteiger partial charge is 0.373 e. The molecular weight excluding hydrogens is 308 g/mol. The minimum Gasteiger partial charge on any atom is -0.373 e. The maximum atomic E-state index is 13.7. The summed E-state index contributed by atoms with van der Waals surface area (Å²) in [6.07, 6.45) is 4.41. The summed E-state index contributed by atoms with van der Waals surface area (Å²) in [7, 11) is 1.79. The maximum Gasteiger partial charge on any atom is 0.288 e. The third kappa shape index (κ3) is 3.69. The first-order chi connectivity index (χ1) is 11.0. The number of hydrogen-bond donors (Lipinski definition) is 0. The summed E-state index contributed by atoms with van der Waals surface area (Å²) in [5, 5.41) is 4.11. The Balaban J connectivity index is 1.78. The van der Waals surface area contributed by atoms with E-state index in [2.05, 4.69) is 5.10 Å². The first kappa shape index (κ1) is 16.3. The normalized spacial score (nSPS) is 28.4. The van der Waals surface area contributed by atoms with E-state index in [1.807, 2.05) is 0 Å². The second kappa shape index (κ2) is 6.52. The summed E-state index contributed by atoms with van der Waals surface area (Å²) < 4.78 is 39.7. The zero-order valence-electron chi connectivity index (χ0n) is 13.1. The lowest BCUT2D eigenvalue weighted by atomic mass is 9.89. The second-order valence-electron chi connectivity index (χ2n) is 6.16. The number of hydrogen-bond acceptors (Lipinski definition) is 4. The summed E-state index contributed by atoms with van der Waals surface area (Å²) in [4.78, 5) is 14.0. The van der Waals surface area contributed by atoms with E-state index in [4.69, 9.17) is 9.47 Å². The van der Waals surface area contributed by atoms with Crippen molar-refractivity contribution in [3.05, 3.63) is 18.0 Å². The van der Waals surface area contributed by atoms with Gasteiger partial charge in [-0.2, -0.15) is 5.10 Å². The highest BCUT2D eigenvalue weighted by molar-refractivity contribution is 5.80.